The van der Waals surface area contributed by atoms with Gasteiger partial charge < -0.3 is 25.3 Å². The number of urea groups is 2. The van der Waals surface area contributed by atoms with Crippen LogP contribution in [-0.2, 0) is 21.9 Å². The van der Waals surface area contributed by atoms with E-state index in [4.69, 9.17) is 0 Å². The molecular weight excluding hydrogens is 907 g/mol. The highest BCUT2D eigenvalue weighted by Crippen LogP contribution is 2.43. The Kier molecular flexibility index (Phi) is 12.5. The van der Waals surface area contributed by atoms with Crippen LogP contribution in [0.3, 0.4) is 0 Å². The summed E-state index contributed by atoms with van der Waals surface area (Å²) in [4.78, 5) is 62.2. The summed E-state index contributed by atoms with van der Waals surface area (Å²) >= 11 is 0. The van der Waals surface area contributed by atoms with Crippen molar-refractivity contribution >= 4 is 35.3 Å². The summed E-state index contributed by atoms with van der Waals surface area (Å²) < 4.78 is 111. The van der Waals surface area contributed by atoms with Gasteiger partial charge in [0.1, 0.15) is 11.6 Å². The maximum Gasteiger partial charge on any atom is 0.419 e. The quantitative estimate of drug-likeness (QED) is 0.137. The fourth-order valence-corrected chi connectivity index (χ4v) is 8.81. The number of carbonyl (C=O) groups excluding carboxylic acids is 4. The molecule has 2 N–H and O–H groups in total. The summed E-state index contributed by atoms with van der Waals surface area (Å²) in [5.41, 5.74) is -1.93. The SMILES string of the molecule is CN(CCCN1CC2=C(C1=O)C(c1ccc(C#N)cc1)NC(=O)N2c1ccc(F)c(C(F)(F)F)c1)CCCN1CC2=C(C1=O)C(c1ccc(C#N)cc1)NC(=O)N2c1ccc(F)c(C(F)(F)F)c1. The topological polar surface area (TPSA) is 156 Å². The summed E-state index contributed by atoms with van der Waals surface area (Å²) in [7, 11) is 1.79. The van der Waals surface area contributed by atoms with E-state index in [1.165, 1.54) is 34.1 Å². The van der Waals surface area contributed by atoms with E-state index >= 15 is 0 Å². The first-order valence-corrected chi connectivity index (χ1v) is 21.0. The van der Waals surface area contributed by atoms with E-state index in [1.807, 2.05) is 17.0 Å². The molecule has 4 aromatic carbocycles. The van der Waals surface area contributed by atoms with E-state index in [1.54, 1.807) is 31.3 Å². The Bertz CT molecular complexity index is 2680. The van der Waals surface area contributed by atoms with Crippen LogP contribution < -0.4 is 20.4 Å². The van der Waals surface area contributed by atoms with E-state index < -0.39 is 71.1 Å². The number of nitrogens with one attached hydrogen (secondary N) is 2. The van der Waals surface area contributed by atoms with Gasteiger partial charge in [0, 0.05) is 13.1 Å². The Balaban J connectivity index is 0.945. The molecule has 0 fully saturated rings. The van der Waals surface area contributed by atoms with Gasteiger partial charge >= 0.3 is 24.4 Å². The first-order chi connectivity index (χ1) is 32.3. The highest BCUT2D eigenvalue weighted by molar-refractivity contribution is 6.08. The van der Waals surface area contributed by atoms with Crippen molar-refractivity contribution in [1.82, 2.24) is 25.3 Å². The van der Waals surface area contributed by atoms with Gasteiger partial charge in [-0.05, 0) is 105 Å². The minimum absolute atomic E-state index is 0.0873. The molecule has 0 spiro atoms. The molecule has 6 amide bonds. The van der Waals surface area contributed by atoms with Gasteiger partial charge in [0.15, 0.2) is 0 Å². The van der Waals surface area contributed by atoms with Crippen LogP contribution in [0.15, 0.2) is 107 Å². The van der Waals surface area contributed by atoms with Crippen molar-refractivity contribution in [1.29, 1.82) is 10.5 Å². The molecule has 4 aliphatic heterocycles. The number of halogens is 8. The summed E-state index contributed by atoms with van der Waals surface area (Å²) in [6, 6.07) is 16.6. The first kappa shape index (κ1) is 46.7. The molecule has 2 unspecified atom stereocenters. The zero-order valence-corrected chi connectivity index (χ0v) is 35.7. The molecular formula is C47H37F8N9O4. The molecule has 4 aromatic rings. The average Bonchev–Trinajstić information content (AvgIpc) is 3.80. The lowest BCUT2D eigenvalue weighted by Gasteiger charge is -2.34. The van der Waals surface area contributed by atoms with Gasteiger partial charge in [-0.2, -0.15) is 36.9 Å². The minimum Gasteiger partial charge on any atom is -0.333 e. The smallest absolute Gasteiger partial charge is 0.333 e. The van der Waals surface area contributed by atoms with Crippen molar-refractivity contribution in [3.05, 3.63) is 152 Å². The highest BCUT2D eigenvalue weighted by Gasteiger charge is 2.47. The van der Waals surface area contributed by atoms with E-state index in [-0.39, 0.29) is 60.1 Å². The Hall–Kier alpha value is -7.78. The largest absolute Gasteiger partial charge is 0.419 e. The number of amides is 6. The van der Waals surface area contributed by atoms with Crippen molar-refractivity contribution in [3.63, 3.8) is 0 Å². The van der Waals surface area contributed by atoms with Gasteiger partial charge in [0.2, 0.25) is 0 Å². The maximum atomic E-state index is 14.3. The zero-order valence-electron chi connectivity index (χ0n) is 35.7. The predicted octanol–water partition coefficient (Wildman–Crippen LogP) is 7.89. The molecule has 0 radical (unpaired) electrons. The summed E-state index contributed by atoms with van der Waals surface area (Å²) in [5, 5.41) is 24.0. The third-order valence-corrected chi connectivity index (χ3v) is 12.1. The van der Waals surface area contributed by atoms with Crippen LogP contribution in [0.5, 0.6) is 0 Å². The number of nitriles is 2. The van der Waals surface area contributed by atoms with Gasteiger partial charge in [-0.1, -0.05) is 24.3 Å². The molecule has 350 valence electrons. The van der Waals surface area contributed by atoms with Crippen LogP contribution in [0.1, 0.15) is 58.3 Å². The van der Waals surface area contributed by atoms with Gasteiger partial charge in [-0.15, -0.1) is 0 Å². The van der Waals surface area contributed by atoms with Crippen LogP contribution in [0.25, 0.3) is 0 Å². The standard InChI is InChI=1S/C47H37F8N9O4/c1-60(16-2-18-61-24-36-38(42(61)65)40(28-8-4-26(22-56)5-9-28)58-44(67)63(36)30-12-14-34(48)32(20-30)46(50,51)52)17-3-19-62-25-37-39(43(62)66)41(29-10-6-27(23-57)7-11-29)59-45(68)64(37)31-13-15-35(49)33(21-31)47(53,54)55/h4-15,20-21,40-41H,2-3,16-19,24-25H2,1H3,(H,58,67)(H,59,68). The lowest BCUT2D eigenvalue weighted by atomic mass is 9.94. The number of anilines is 2. The summed E-state index contributed by atoms with van der Waals surface area (Å²) in [6.45, 7) is 0.761. The number of alkyl halides is 6. The van der Waals surface area contributed by atoms with Crippen LogP contribution in [0.4, 0.5) is 56.1 Å². The lowest BCUT2D eigenvalue weighted by molar-refractivity contribution is -0.140. The molecule has 8 rings (SSSR count). The average molecular weight is 944 g/mol. The molecule has 0 saturated heterocycles. The Labute approximate surface area is 382 Å². The Morgan fingerprint density at radius 3 is 1.31 bits per heavy atom. The normalized spacial score (nSPS) is 18.5. The molecule has 13 nitrogen and oxygen atoms in total. The van der Waals surface area contributed by atoms with Crippen molar-refractivity contribution in [3.8, 4) is 12.1 Å². The van der Waals surface area contributed by atoms with E-state index in [0.29, 0.717) is 72.5 Å². The minimum atomic E-state index is -5.08. The van der Waals surface area contributed by atoms with Crippen LogP contribution in [0.2, 0.25) is 0 Å². The van der Waals surface area contributed by atoms with Gasteiger partial charge in [-0.25, -0.2) is 18.4 Å². The van der Waals surface area contributed by atoms with Crippen molar-refractivity contribution in [2.45, 2.75) is 37.3 Å². The Morgan fingerprint density at radius 2 is 0.971 bits per heavy atom. The molecule has 0 saturated carbocycles. The van der Waals surface area contributed by atoms with Crippen LogP contribution in [-0.4, -0.2) is 84.9 Å². The monoisotopic (exact) mass is 943 g/mol. The number of nitrogens with zero attached hydrogens (tertiary/aromatic N) is 7. The second-order valence-corrected chi connectivity index (χ2v) is 16.4. The van der Waals surface area contributed by atoms with Crippen molar-refractivity contribution in [2.24, 2.45) is 0 Å². The van der Waals surface area contributed by atoms with Crippen LogP contribution >= 0.6 is 0 Å². The zero-order chi connectivity index (χ0) is 48.8. The molecule has 2 atom stereocenters. The van der Waals surface area contributed by atoms with Gasteiger partial charge in [0.05, 0.1) is 93.5 Å². The maximum absolute atomic E-state index is 14.3. The van der Waals surface area contributed by atoms with Gasteiger partial charge in [0.25, 0.3) is 11.8 Å². The van der Waals surface area contributed by atoms with E-state index in [9.17, 15) is 64.8 Å². The second-order valence-electron chi connectivity index (χ2n) is 16.4. The summed E-state index contributed by atoms with van der Waals surface area (Å²) in [5.74, 6) is -4.08. The lowest BCUT2D eigenvalue weighted by Crippen LogP contribution is -2.47. The Morgan fingerprint density at radius 1 is 0.603 bits per heavy atom. The van der Waals surface area contributed by atoms with Crippen molar-refractivity contribution in [2.75, 3.05) is 56.1 Å². The molecule has 0 bridgehead atoms. The summed E-state index contributed by atoms with van der Waals surface area (Å²) in [6.07, 6.45) is -9.39. The molecule has 4 aliphatic rings. The first-order valence-electron chi connectivity index (χ1n) is 21.0. The van der Waals surface area contributed by atoms with E-state index in [0.717, 1.165) is 21.9 Å². The number of carbonyl (C=O) groups is 4. The number of hydrogen-bond acceptors (Lipinski definition) is 7. The molecule has 0 aromatic heterocycles. The second kappa shape index (κ2) is 18.1. The third kappa shape index (κ3) is 8.92. The number of hydrogen-bond donors (Lipinski definition) is 2. The van der Waals surface area contributed by atoms with Crippen LogP contribution in [0, 0.1) is 34.3 Å². The number of benzene rings is 4. The molecule has 0 aliphatic carbocycles. The fourth-order valence-electron chi connectivity index (χ4n) is 8.81. The van der Waals surface area contributed by atoms with Crippen molar-refractivity contribution < 1.29 is 54.3 Å². The van der Waals surface area contributed by atoms with Gasteiger partial charge in [-0.3, -0.25) is 19.4 Å². The fraction of sp³-hybridized carbons (Fsp3) is 0.277. The molecule has 21 heteroatoms. The predicted molar refractivity (Wildman–Crippen MR) is 227 cm³/mol. The number of rotatable bonds is 12. The molecule has 68 heavy (non-hydrogen) atoms. The molecule has 4 heterocycles. The third-order valence-electron chi connectivity index (χ3n) is 12.1. The highest BCUT2D eigenvalue weighted by atomic mass is 19.4. The van der Waals surface area contributed by atoms with E-state index in [2.05, 4.69) is 10.6 Å².